The second-order valence-electron chi connectivity index (χ2n) is 6.24. The van der Waals surface area contributed by atoms with Crippen molar-refractivity contribution in [2.45, 2.75) is 39.0 Å². The molecule has 0 spiro atoms. The van der Waals surface area contributed by atoms with E-state index in [2.05, 4.69) is 0 Å². The number of carbonyl (C=O) groups is 1. The van der Waals surface area contributed by atoms with E-state index >= 15 is 0 Å². The first-order valence-corrected chi connectivity index (χ1v) is 8.12. The molecular weight excluding hydrogens is 281 g/mol. The first-order chi connectivity index (χ1) is 10.6. The van der Waals surface area contributed by atoms with Crippen LogP contribution in [0.25, 0.3) is 0 Å². The summed E-state index contributed by atoms with van der Waals surface area (Å²) in [6, 6.07) is 4.93. The van der Waals surface area contributed by atoms with Crippen LogP contribution in [0.3, 0.4) is 0 Å². The van der Waals surface area contributed by atoms with Crippen molar-refractivity contribution in [3.05, 3.63) is 35.1 Å². The Hall–Kier alpha value is -1.42. The number of aryl methyl sites for hydroxylation is 1. The Labute approximate surface area is 132 Å². The van der Waals surface area contributed by atoms with Gasteiger partial charge in [-0.1, -0.05) is 12.1 Å². The summed E-state index contributed by atoms with van der Waals surface area (Å²) in [5.41, 5.74) is 1.49. The molecule has 1 aromatic carbocycles. The molecule has 4 heteroatoms. The highest BCUT2D eigenvalue weighted by atomic mass is 19.1. The van der Waals surface area contributed by atoms with Crippen LogP contribution >= 0.6 is 0 Å². The predicted octanol–water partition coefficient (Wildman–Crippen LogP) is 3.34. The van der Waals surface area contributed by atoms with Crippen molar-refractivity contribution in [3.63, 3.8) is 0 Å². The summed E-state index contributed by atoms with van der Waals surface area (Å²) in [7, 11) is 1.72. The Kier molecular flexibility index (Phi) is 6.37. The molecule has 1 fully saturated rings. The van der Waals surface area contributed by atoms with Gasteiger partial charge in [0.2, 0.25) is 5.91 Å². The lowest BCUT2D eigenvalue weighted by Gasteiger charge is -2.33. The number of hydrogen-bond acceptors (Lipinski definition) is 2. The van der Waals surface area contributed by atoms with E-state index in [1.54, 1.807) is 26.2 Å². The maximum atomic E-state index is 13.3. The number of benzene rings is 1. The molecule has 1 atom stereocenters. The zero-order chi connectivity index (χ0) is 15.9. The van der Waals surface area contributed by atoms with Crippen molar-refractivity contribution in [2.24, 2.45) is 5.92 Å². The maximum Gasteiger partial charge on any atom is 0.226 e. The lowest BCUT2D eigenvalue weighted by atomic mass is 9.93. The van der Waals surface area contributed by atoms with E-state index in [9.17, 15) is 9.18 Å². The molecule has 22 heavy (non-hydrogen) atoms. The van der Waals surface area contributed by atoms with Crippen molar-refractivity contribution < 1.29 is 13.9 Å². The first-order valence-electron chi connectivity index (χ1n) is 8.12. The number of carbonyl (C=O) groups excluding carboxylic acids is 1. The summed E-state index contributed by atoms with van der Waals surface area (Å²) in [6.45, 7) is 4.22. The number of piperidine rings is 1. The largest absolute Gasteiger partial charge is 0.385 e. The number of amides is 1. The van der Waals surface area contributed by atoms with Gasteiger partial charge in [0.05, 0.1) is 6.42 Å². The van der Waals surface area contributed by atoms with Crippen LogP contribution in [-0.2, 0) is 16.0 Å². The molecule has 0 unspecified atom stereocenters. The molecular formula is C18H26FNO2. The van der Waals surface area contributed by atoms with Crippen molar-refractivity contribution in [3.8, 4) is 0 Å². The zero-order valence-electron chi connectivity index (χ0n) is 13.6. The molecule has 1 aliphatic rings. The van der Waals surface area contributed by atoms with E-state index in [4.69, 9.17) is 4.74 Å². The van der Waals surface area contributed by atoms with Gasteiger partial charge < -0.3 is 9.64 Å². The molecule has 0 radical (unpaired) electrons. The van der Waals surface area contributed by atoms with Gasteiger partial charge in [0.1, 0.15) is 5.82 Å². The van der Waals surface area contributed by atoms with Gasteiger partial charge in [-0.25, -0.2) is 4.39 Å². The molecule has 3 nitrogen and oxygen atoms in total. The Morgan fingerprint density at radius 3 is 3.00 bits per heavy atom. The van der Waals surface area contributed by atoms with Crippen molar-refractivity contribution in [2.75, 3.05) is 26.8 Å². The van der Waals surface area contributed by atoms with Gasteiger partial charge in [-0.15, -0.1) is 0 Å². The quantitative estimate of drug-likeness (QED) is 0.754. The van der Waals surface area contributed by atoms with Crippen LogP contribution in [0.15, 0.2) is 18.2 Å². The van der Waals surface area contributed by atoms with Crippen LogP contribution in [0, 0.1) is 18.7 Å². The Balaban J connectivity index is 1.87. The smallest absolute Gasteiger partial charge is 0.226 e. The third-order valence-corrected chi connectivity index (χ3v) is 4.41. The van der Waals surface area contributed by atoms with Crippen LogP contribution < -0.4 is 0 Å². The van der Waals surface area contributed by atoms with Gasteiger partial charge >= 0.3 is 0 Å². The summed E-state index contributed by atoms with van der Waals surface area (Å²) < 4.78 is 18.4. The van der Waals surface area contributed by atoms with Gasteiger partial charge in [0.15, 0.2) is 0 Å². The SMILES string of the molecule is COCCC[C@H]1CCCN(C(=O)Cc2ccc(F)c(C)c2)C1. The van der Waals surface area contributed by atoms with Crippen LogP contribution in [0.2, 0.25) is 0 Å². The summed E-state index contributed by atoms with van der Waals surface area (Å²) in [5, 5.41) is 0. The minimum atomic E-state index is -0.215. The van der Waals surface area contributed by atoms with Crippen molar-refractivity contribution in [1.82, 2.24) is 4.90 Å². The van der Waals surface area contributed by atoms with Crippen LogP contribution in [-0.4, -0.2) is 37.6 Å². The number of methoxy groups -OCH3 is 1. The third kappa shape index (κ3) is 4.80. The highest BCUT2D eigenvalue weighted by molar-refractivity contribution is 5.78. The second-order valence-corrected chi connectivity index (χ2v) is 6.24. The van der Waals surface area contributed by atoms with E-state index in [0.717, 1.165) is 44.5 Å². The standard InChI is InChI=1S/C18H26FNO2/c1-14-11-16(7-8-17(14)19)12-18(21)20-9-3-5-15(13-20)6-4-10-22-2/h7-8,11,15H,3-6,9-10,12-13H2,1-2H3/t15-/m1/s1. The molecule has 0 aliphatic carbocycles. The molecule has 1 amide bonds. The van der Waals surface area contributed by atoms with E-state index in [-0.39, 0.29) is 11.7 Å². The van der Waals surface area contributed by atoms with Crippen LogP contribution in [0.1, 0.15) is 36.8 Å². The van der Waals surface area contributed by atoms with E-state index in [1.165, 1.54) is 12.5 Å². The molecule has 0 saturated carbocycles. The van der Waals surface area contributed by atoms with Gasteiger partial charge in [-0.2, -0.15) is 0 Å². The molecule has 1 saturated heterocycles. The third-order valence-electron chi connectivity index (χ3n) is 4.41. The molecule has 1 aromatic rings. The van der Waals surface area contributed by atoms with Gasteiger partial charge in [0.25, 0.3) is 0 Å². The number of likely N-dealkylation sites (tertiary alicyclic amines) is 1. The van der Waals surface area contributed by atoms with Gasteiger partial charge in [0, 0.05) is 26.8 Å². The number of rotatable bonds is 6. The lowest BCUT2D eigenvalue weighted by Crippen LogP contribution is -2.40. The Bertz CT molecular complexity index is 504. The topological polar surface area (TPSA) is 29.5 Å². The summed E-state index contributed by atoms with van der Waals surface area (Å²) in [5.74, 6) is 0.526. The molecule has 0 N–H and O–H groups in total. The second kappa shape index (κ2) is 8.28. The zero-order valence-corrected chi connectivity index (χ0v) is 13.6. The number of halogens is 1. The molecule has 122 valence electrons. The fraction of sp³-hybridized carbons (Fsp3) is 0.611. The van der Waals surface area contributed by atoms with E-state index < -0.39 is 0 Å². The number of ether oxygens (including phenoxy) is 1. The van der Waals surface area contributed by atoms with E-state index in [1.807, 2.05) is 4.90 Å². The highest BCUT2D eigenvalue weighted by Gasteiger charge is 2.23. The Morgan fingerprint density at radius 2 is 2.27 bits per heavy atom. The van der Waals surface area contributed by atoms with Crippen molar-refractivity contribution in [1.29, 1.82) is 0 Å². The summed E-state index contributed by atoms with van der Waals surface area (Å²) in [6.07, 6.45) is 4.81. The summed E-state index contributed by atoms with van der Waals surface area (Å²) in [4.78, 5) is 14.4. The molecule has 0 bridgehead atoms. The van der Waals surface area contributed by atoms with E-state index in [0.29, 0.717) is 17.9 Å². The minimum absolute atomic E-state index is 0.155. The average molecular weight is 307 g/mol. The predicted molar refractivity (Wildman–Crippen MR) is 85.3 cm³/mol. The average Bonchev–Trinajstić information content (AvgIpc) is 2.51. The lowest BCUT2D eigenvalue weighted by molar-refractivity contribution is -0.132. The molecule has 1 heterocycles. The number of nitrogens with zero attached hydrogens (tertiary/aromatic N) is 1. The minimum Gasteiger partial charge on any atom is -0.385 e. The van der Waals surface area contributed by atoms with Crippen LogP contribution in [0.5, 0.6) is 0 Å². The van der Waals surface area contributed by atoms with Crippen LogP contribution in [0.4, 0.5) is 4.39 Å². The monoisotopic (exact) mass is 307 g/mol. The molecule has 0 aromatic heterocycles. The first kappa shape index (κ1) is 16.9. The van der Waals surface area contributed by atoms with Gasteiger partial charge in [-0.3, -0.25) is 4.79 Å². The number of hydrogen-bond donors (Lipinski definition) is 0. The summed E-state index contributed by atoms with van der Waals surface area (Å²) >= 11 is 0. The molecule has 2 rings (SSSR count). The fourth-order valence-corrected chi connectivity index (χ4v) is 3.15. The fourth-order valence-electron chi connectivity index (χ4n) is 3.15. The van der Waals surface area contributed by atoms with Gasteiger partial charge in [-0.05, 0) is 55.7 Å². The maximum absolute atomic E-state index is 13.3. The molecule has 1 aliphatic heterocycles. The van der Waals surface area contributed by atoms with Crippen molar-refractivity contribution >= 4 is 5.91 Å². The highest BCUT2D eigenvalue weighted by Crippen LogP contribution is 2.22. The Morgan fingerprint density at radius 1 is 1.45 bits per heavy atom. The normalized spacial score (nSPS) is 18.5.